The van der Waals surface area contributed by atoms with Crippen LogP contribution in [0.4, 0.5) is 8.78 Å². The number of hydrogen-bond acceptors (Lipinski definition) is 1. The van der Waals surface area contributed by atoms with E-state index in [1.165, 1.54) is 12.1 Å². The quantitative estimate of drug-likeness (QED) is 0.586. The Kier molecular flexibility index (Phi) is 3.28. The molecule has 0 unspecified atom stereocenters. The zero-order chi connectivity index (χ0) is 9.19. The highest BCUT2D eigenvalue weighted by Gasteiger charge is 2.26. The van der Waals surface area contributed by atoms with Gasteiger partial charge in [-0.2, -0.15) is 8.78 Å². The van der Waals surface area contributed by atoms with Gasteiger partial charge >= 0.3 is 5.02 Å². The molecule has 66 valence electrons. The van der Waals surface area contributed by atoms with E-state index in [4.69, 9.17) is 0 Å². The van der Waals surface area contributed by atoms with Gasteiger partial charge in [-0.15, -0.1) is 0 Å². The molecule has 0 heterocycles. The number of halogens is 4. The third-order valence-electron chi connectivity index (χ3n) is 1.05. The van der Waals surface area contributed by atoms with Gasteiger partial charge in [-0.05, 0) is 46.9 Å². The molecule has 0 atom stereocenters. The van der Waals surface area contributed by atoms with Crippen molar-refractivity contribution in [2.45, 2.75) is 5.02 Å². The Balaban J connectivity index is 2.71. The minimum absolute atomic E-state index is 0.136. The van der Waals surface area contributed by atoms with Crippen LogP contribution in [0, 0.1) is 3.57 Å². The molecule has 0 aliphatic heterocycles. The number of ether oxygens (including phenoxy) is 1. The summed E-state index contributed by atoms with van der Waals surface area (Å²) in [5, 5.41) is -3.29. The zero-order valence-corrected chi connectivity index (χ0v) is 9.47. The second kappa shape index (κ2) is 3.87. The molecule has 0 aliphatic carbocycles. The van der Waals surface area contributed by atoms with Crippen molar-refractivity contribution < 1.29 is 13.5 Å². The fraction of sp³-hybridized carbons (Fsp3) is 0.143. The van der Waals surface area contributed by atoms with Crippen molar-refractivity contribution in [3.63, 3.8) is 0 Å². The van der Waals surface area contributed by atoms with Crippen LogP contribution in [0.2, 0.25) is 0 Å². The van der Waals surface area contributed by atoms with Crippen molar-refractivity contribution in [2.75, 3.05) is 0 Å². The van der Waals surface area contributed by atoms with Crippen molar-refractivity contribution in [1.29, 1.82) is 0 Å². The summed E-state index contributed by atoms with van der Waals surface area (Å²) in [6.45, 7) is 0. The topological polar surface area (TPSA) is 9.23 Å². The summed E-state index contributed by atoms with van der Waals surface area (Å²) in [5.74, 6) is 0.136. The van der Waals surface area contributed by atoms with Gasteiger partial charge in [0, 0.05) is 19.5 Å². The Bertz CT molecular complexity index is 257. The predicted molar refractivity (Wildman–Crippen MR) is 53.7 cm³/mol. The lowest BCUT2D eigenvalue weighted by Gasteiger charge is -2.10. The fourth-order valence-corrected chi connectivity index (χ4v) is 1.18. The van der Waals surface area contributed by atoms with Crippen LogP contribution in [0.1, 0.15) is 0 Å². The number of rotatable bonds is 2. The lowest BCUT2D eigenvalue weighted by atomic mass is 10.3. The van der Waals surface area contributed by atoms with Crippen LogP contribution in [-0.4, -0.2) is 5.02 Å². The van der Waals surface area contributed by atoms with E-state index in [1.807, 2.05) is 0 Å². The average Bonchev–Trinajstić information content (AvgIpc) is 1.91. The number of benzene rings is 1. The van der Waals surface area contributed by atoms with Crippen LogP contribution >= 0.6 is 38.5 Å². The Morgan fingerprint density at radius 2 is 1.75 bits per heavy atom. The third-order valence-corrected chi connectivity index (χ3v) is 1.93. The highest BCUT2D eigenvalue weighted by atomic mass is 127. The molecule has 0 radical (unpaired) electrons. The minimum atomic E-state index is -3.29. The molecule has 5 heteroatoms. The smallest absolute Gasteiger partial charge is 0.424 e. The van der Waals surface area contributed by atoms with Gasteiger partial charge < -0.3 is 4.74 Å². The van der Waals surface area contributed by atoms with E-state index in [0.717, 1.165) is 3.57 Å². The van der Waals surface area contributed by atoms with Gasteiger partial charge in [0.15, 0.2) is 0 Å². The molecule has 0 spiro atoms. The van der Waals surface area contributed by atoms with Gasteiger partial charge in [0.2, 0.25) is 0 Å². The van der Waals surface area contributed by atoms with Crippen molar-refractivity contribution in [3.8, 4) is 5.75 Å². The Morgan fingerprint density at radius 3 is 2.17 bits per heavy atom. The van der Waals surface area contributed by atoms with Crippen molar-refractivity contribution in [1.82, 2.24) is 0 Å². The van der Waals surface area contributed by atoms with Crippen molar-refractivity contribution in [3.05, 3.63) is 27.8 Å². The Morgan fingerprint density at radius 1 is 1.25 bits per heavy atom. The van der Waals surface area contributed by atoms with Crippen LogP contribution in [0.15, 0.2) is 24.3 Å². The first-order valence-electron chi connectivity index (χ1n) is 2.99. The first-order chi connectivity index (χ1) is 5.47. The molecular formula is C7H4BrF2IO. The monoisotopic (exact) mass is 348 g/mol. The molecule has 1 nitrogen and oxygen atoms in total. The normalized spacial score (nSPS) is 11.3. The summed E-state index contributed by atoms with van der Waals surface area (Å²) in [5.41, 5.74) is 0. The largest absolute Gasteiger partial charge is 0.459 e. The third kappa shape index (κ3) is 3.66. The van der Waals surface area contributed by atoms with Gasteiger partial charge in [-0.3, -0.25) is 0 Å². The summed E-state index contributed by atoms with van der Waals surface area (Å²) < 4.78 is 29.6. The van der Waals surface area contributed by atoms with E-state index in [2.05, 4.69) is 43.3 Å². The summed E-state index contributed by atoms with van der Waals surface area (Å²) in [6, 6.07) is 6.34. The van der Waals surface area contributed by atoms with Crippen molar-refractivity contribution in [2.24, 2.45) is 0 Å². The van der Waals surface area contributed by atoms with E-state index in [1.54, 1.807) is 12.1 Å². The second-order valence-electron chi connectivity index (χ2n) is 2.00. The second-order valence-corrected chi connectivity index (χ2v) is 4.17. The van der Waals surface area contributed by atoms with Crippen LogP contribution in [0.25, 0.3) is 0 Å². The average molecular weight is 349 g/mol. The molecule has 0 amide bonds. The van der Waals surface area contributed by atoms with E-state index in [-0.39, 0.29) is 5.75 Å². The molecule has 0 N–H and O–H groups in total. The van der Waals surface area contributed by atoms with Gasteiger partial charge in [-0.25, -0.2) is 0 Å². The van der Waals surface area contributed by atoms with Crippen LogP contribution in [0.3, 0.4) is 0 Å². The van der Waals surface area contributed by atoms with Crippen molar-refractivity contribution >= 4 is 38.5 Å². The van der Waals surface area contributed by atoms with Gasteiger partial charge in [0.25, 0.3) is 0 Å². The molecule has 0 saturated carbocycles. The Hall–Kier alpha value is 0.0900. The molecule has 1 aromatic carbocycles. The van der Waals surface area contributed by atoms with Gasteiger partial charge in [0.05, 0.1) is 0 Å². The molecule has 1 rings (SSSR count). The van der Waals surface area contributed by atoms with Crippen LogP contribution in [-0.2, 0) is 0 Å². The highest BCUT2D eigenvalue weighted by molar-refractivity contribution is 14.1. The maximum Gasteiger partial charge on any atom is 0.459 e. The van der Waals surface area contributed by atoms with E-state index >= 15 is 0 Å². The highest BCUT2D eigenvalue weighted by Crippen LogP contribution is 2.26. The molecule has 0 saturated heterocycles. The maximum absolute atomic E-state index is 12.2. The number of hydrogen-bond donors (Lipinski definition) is 0. The molecule has 0 bridgehead atoms. The first-order valence-corrected chi connectivity index (χ1v) is 4.86. The van der Waals surface area contributed by atoms with E-state index in [9.17, 15) is 8.78 Å². The number of alkyl halides is 3. The van der Waals surface area contributed by atoms with Crippen LogP contribution in [0.5, 0.6) is 5.75 Å². The van der Waals surface area contributed by atoms with Gasteiger partial charge in [0.1, 0.15) is 5.75 Å². The Labute approximate surface area is 90.4 Å². The van der Waals surface area contributed by atoms with E-state index < -0.39 is 5.02 Å². The summed E-state index contributed by atoms with van der Waals surface area (Å²) in [6.07, 6.45) is 0. The van der Waals surface area contributed by atoms with Gasteiger partial charge in [-0.1, -0.05) is 0 Å². The predicted octanol–water partition coefficient (Wildman–Crippen LogP) is 3.62. The molecular weight excluding hydrogens is 345 g/mol. The van der Waals surface area contributed by atoms with E-state index in [0.29, 0.717) is 0 Å². The lowest BCUT2D eigenvalue weighted by molar-refractivity contribution is -0.0803. The zero-order valence-electron chi connectivity index (χ0n) is 5.73. The SMILES string of the molecule is FC(F)(Br)Oc1ccc(I)cc1. The fourth-order valence-electron chi connectivity index (χ4n) is 0.636. The molecule has 1 aromatic rings. The molecule has 0 aromatic heterocycles. The summed E-state index contributed by atoms with van der Waals surface area (Å²) in [4.78, 5) is 0. The summed E-state index contributed by atoms with van der Waals surface area (Å²) >= 11 is 4.16. The molecule has 0 aliphatic rings. The standard InChI is InChI=1S/C7H4BrF2IO/c8-7(9,10)12-6-3-1-5(11)2-4-6/h1-4H. The summed E-state index contributed by atoms with van der Waals surface area (Å²) in [7, 11) is 0. The molecule has 0 fully saturated rings. The molecule has 12 heavy (non-hydrogen) atoms. The maximum atomic E-state index is 12.2. The van der Waals surface area contributed by atoms with Crippen LogP contribution < -0.4 is 4.74 Å². The lowest BCUT2D eigenvalue weighted by Crippen LogP contribution is -2.14. The first kappa shape index (κ1) is 10.2. The minimum Gasteiger partial charge on any atom is -0.424 e.